The van der Waals surface area contributed by atoms with E-state index in [0.717, 1.165) is 0 Å². The number of carboxylic acid groups (broad SMARTS) is 1. The van der Waals surface area contributed by atoms with Gasteiger partial charge >= 0.3 is 5.97 Å². The summed E-state index contributed by atoms with van der Waals surface area (Å²) >= 11 is 17.9. The molecule has 0 saturated carbocycles. The predicted molar refractivity (Wildman–Crippen MR) is 76.1 cm³/mol. The monoisotopic (exact) mass is 316 g/mol. The molecule has 0 aliphatic rings. The summed E-state index contributed by atoms with van der Waals surface area (Å²) < 4.78 is 0. The summed E-state index contributed by atoms with van der Waals surface area (Å²) in [7, 11) is 0. The van der Waals surface area contributed by atoms with E-state index >= 15 is 0 Å². The molecular weight excluding hydrogens is 311 g/mol. The smallest absolute Gasteiger partial charge is 0.337 e. The minimum absolute atomic E-state index is 0.0116. The number of hydrogen-bond acceptors (Lipinski definition) is 3. The van der Waals surface area contributed by atoms with Crippen LogP contribution in [0.3, 0.4) is 0 Å². The molecule has 0 aliphatic heterocycles. The number of aromatic carboxylic acids is 1. The molecule has 0 amide bonds. The molecule has 0 spiro atoms. The lowest BCUT2D eigenvalue weighted by Gasteiger charge is -2.10. The zero-order valence-electron chi connectivity index (χ0n) is 9.32. The van der Waals surface area contributed by atoms with Crippen molar-refractivity contribution in [2.75, 3.05) is 5.73 Å². The number of anilines is 1. The molecule has 7 heteroatoms. The first kappa shape index (κ1) is 13.9. The first-order valence-corrected chi connectivity index (χ1v) is 6.17. The van der Waals surface area contributed by atoms with Gasteiger partial charge in [-0.25, -0.2) is 4.79 Å². The molecule has 0 fully saturated rings. The molecule has 1 aromatic carbocycles. The van der Waals surface area contributed by atoms with Gasteiger partial charge in [0.2, 0.25) is 0 Å². The number of nitrogen functional groups attached to an aromatic ring is 1. The van der Waals surface area contributed by atoms with Gasteiger partial charge in [0, 0.05) is 16.8 Å². The maximum atomic E-state index is 10.8. The number of nitrogens with two attached hydrogens (primary N) is 1. The lowest BCUT2D eigenvalue weighted by atomic mass is 10.1. The maximum absolute atomic E-state index is 10.8. The Morgan fingerprint density at radius 1 is 1.16 bits per heavy atom. The van der Waals surface area contributed by atoms with Crippen LogP contribution in [-0.2, 0) is 0 Å². The average Bonchev–Trinajstić information content (AvgIpc) is 2.29. The highest BCUT2D eigenvalue weighted by Gasteiger charge is 2.16. The second-order valence-electron chi connectivity index (χ2n) is 3.71. The largest absolute Gasteiger partial charge is 0.478 e. The van der Waals surface area contributed by atoms with Gasteiger partial charge in [-0.2, -0.15) is 0 Å². The molecule has 1 aromatic heterocycles. The molecule has 0 unspecified atom stereocenters. The van der Waals surface area contributed by atoms with E-state index in [4.69, 9.17) is 45.6 Å². The first-order chi connectivity index (χ1) is 8.90. The van der Waals surface area contributed by atoms with Crippen LogP contribution in [0.1, 0.15) is 10.4 Å². The van der Waals surface area contributed by atoms with Crippen LogP contribution in [0.25, 0.3) is 11.3 Å². The third-order valence-corrected chi connectivity index (χ3v) is 3.22. The topological polar surface area (TPSA) is 76.2 Å². The van der Waals surface area contributed by atoms with E-state index < -0.39 is 5.97 Å². The van der Waals surface area contributed by atoms with E-state index in [9.17, 15) is 4.79 Å². The van der Waals surface area contributed by atoms with Crippen molar-refractivity contribution in [3.8, 4) is 11.3 Å². The van der Waals surface area contributed by atoms with Crippen LogP contribution < -0.4 is 5.73 Å². The Hall–Kier alpha value is -1.49. The SMILES string of the molecule is Nc1cc(C(=O)O)cnc1-c1c(Cl)cc(Cl)cc1Cl. The molecular formula is C12H7Cl3N2O2. The van der Waals surface area contributed by atoms with Gasteiger partial charge in [-0.3, -0.25) is 4.98 Å². The zero-order valence-corrected chi connectivity index (χ0v) is 11.6. The molecule has 4 nitrogen and oxygen atoms in total. The van der Waals surface area contributed by atoms with E-state index in [1.165, 1.54) is 24.4 Å². The Kier molecular flexibility index (Phi) is 3.85. The quantitative estimate of drug-likeness (QED) is 0.878. The Labute approximate surface area is 123 Å². The molecule has 0 saturated heterocycles. The summed E-state index contributed by atoms with van der Waals surface area (Å²) in [5.41, 5.74) is 6.69. The molecule has 2 aromatic rings. The van der Waals surface area contributed by atoms with Crippen LogP contribution >= 0.6 is 34.8 Å². The molecule has 3 N–H and O–H groups in total. The third-order valence-electron chi connectivity index (χ3n) is 2.41. The highest BCUT2D eigenvalue weighted by atomic mass is 35.5. The van der Waals surface area contributed by atoms with Crippen molar-refractivity contribution < 1.29 is 9.90 Å². The fraction of sp³-hybridized carbons (Fsp3) is 0. The summed E-state index contributed by atoms with van der Waals surface area (Å²) in [4.78, 5) is 14.8. The van der Waals surface area contributed by atoms with Gasteiger partial charge in [0.25, 0.3) is 0 Å². The van der Waals surface area contributed by atoms with Gasteiger partial charge in [0.1, 0.15) is 0 Å². The molecule has 1 heterocycles. The van der Waals surface area contributed by atoms with Gasteiger partial charge in [-0.1, -0.05) is 34.8 Å². The van der Waals surface area contributed by atoms with Crippen molar-refractivity contribution in [3.05, 3.63) is 45.0 Å². The van der Waals surface area contributed by atoms with Crippen molar-refractivity contribution in [1.29, 1.82) is 0 Å². The molecule has 19 heavy (non-hydrogen) atoms. The summed E-state index contributed by atoms with van der Waals surface area (Å²) in [5, 5.41) is 9.82. The molecule has 0 aliphatic carbocycles. The van der Waals surface area contributed by atoms with Gasteiger partial charge in [-0.05, 0) is 18.2 Å². The Morgan fingerprint density at radius 3 is 2.21 bits per heavy atom. The fourth-order valence-corrected chi connectivity index (χ4v) is 2.57. The standard InChI is InChI=1S/C12H7Cl3N2O2/c13-6-2-7(14)10(8(15)3-6)11-9(16)1-5(4-17-11)12(18)19/h1-4H,16H2,(H,18,19). The molecule has 2 rings (SSSR count). The summed E-state index contributed by atoms with van der Waals surface area (Å²) in [5.74, 6) is -1.11. The van der Waals surface area contributed by atoms with Gasteiger partial charge in [0.15, 0.2) is 0 Å². The molecule has 0 bridgehead atoms. The number of benzene rings is 1. The molecule has 0 radical (unpaired) electrons. The van der Waals surface area contributed by atoms with E-state index in [-0.39, 0.29) is 11.3 Å². The molecule has 0 atom stereocenters. The minimum Gasteiger partial charge on any atom is -0.478 e. The number of nitrogens with zero attached hydrogens (tertiary/aromatic N) is 1. The van der Waals surface area contributed by atoms with Crippen LogP contribution in [0.4, 0.5) is 5.69 Å². The average molecular weight is 318 g/mol. The highest BCUT2D eigenvalue weighted by molar-refractivity contribution is 6.41. The second kappa shape index (κ2) is 5.25. The number of rotatable bonds is 2. The van der Waals surface area contributed by atoms with E-state index in [1.54, 1.807) is 0 Å². The van der Waals surface area contributed by atoms with Gasteiger partial charge in [-0.15, -0.1) is 0 Å². The lowest BCUT2D eigenvalue weighted by Crippen LogP contribution is -2.02. The number of halogens is 3. The van der Waals surface area contributed by atoms with Crippen LogP contribution in [-0.4, -0.2) is 16.1 Å². The van der Waals surface area contributed by atoms with E-state index in [0.29, 0.717) is 26.3 Å². The Balaban J connectivity index is 2.63. The number of carbonyl (C=O) groups is 1. The van der Waals surface area contributed by atoms with E-state index in [1.807, 2.05) is 0 Å². The summed E-state index contributed by atoms with van der Waals surface area (Å²) in [6, 6.07) is 4.32. The fourth-order valence-electron chi connectivity index (χ4n) is 1.58. The third kappa shape index (κ3) is 2.76. The van der Waals surface area contributed by atoms with Crippen LogP contribution in [0.5, 0.6) is 0 Å². The lowest BCUT2D eigenvalue weighted by molar-refractivity contribution is 0.0696. The number of pyridine rings is 1. The minimum atomic E-state index is -1.11. The maximum Gasteiger partial charge on any atom is 0.337 e. The summed E-state index contributed by atoms with van der Waals surface area (Å²) in [6.07, 6.45) is 1.19. The summed E-state index contributed by atoms with van der Waals surface area (Å²) in [6.45, 7) is 0. The number of hydrogen-bond donors (Lipinski definition) is 2. The van der Waals surface area contributed by atoms with E-state index in [2.05, 4.69) is 4.98 Å². The van der Waals surface area contributed by atoms with Gasteiger partial charge < -0.3 is 10.8 Å². The molecule has 98 valence electrons. The number of aromatic nitrogens is 1. The van der Waals surface area contributed by atoms with Crippen molar-refractivity contribution in [2.45, 2.75) is 0 Å². The van der Waals surface area contributed by atoms with Crippen molar-refractivity contribution in [3.63, 3.8) is 0 Å². The normalized spacial score (nSPS) is 10.5. The highest BCUT2D eigenvalue weighted by Crippen LogP contribution is 2.38. The van der Waals surface area contributed by atoms with Crippen LogP contribution in [0, 0.1) is 0 Å². The van der Waals surface area contributed by atoms with Crippen LogP contribution in [0.15, 0.2) is 24.4 Å². The number of carboxylic acids is 1. The Bertz CT molecular complexity index is 651. The zero-order chi connectivity index (χ0) is 14.2. The Morgan fingerprint density at radius 2 is 1.74 bits per heavy atom. The first-order valence-electron chi connectivity index (χ1n) is 5.04. The van der Waals surface area contributed by atoms with Crippen molar-refractivity contribution in [1.82, 2.24) is 4.98 Å². The van der Waals surface area contributed by atoms with Crippen molar-refractivity contribution in [2.24, 2.45) is 0 Å². The van der Waals surface area contributed by atoms with Crippen molar-refractivity contribution >= 4 is 46.5 Å². The second-order valence-corrected chi connectivity index (χ2v) is 4.96. The van der Waals surface area contributed by atoms with Gasteiger partial charge in [0.05, 0.1) is 27.0 Å². The predicted octanol–water partition coefficient (Wildman–Crippen LogP) is 3.99. The van der Waals surface area contributed by atoms with Crippen LogP contribution in [0.2, 0.25) is 15.1 Å².